The molecule has 0 saturated carbocycles. The molecule has 0 N–H and O–H groups in total. The number of halogens is 1. The van der Waals surface area contributed by atoms with E-state index in [0.717, 1.165) is 11.3 Å². The van der Waals surface area contributed by atoms with Crippen LogP contribution in [-0.4, -0.2) is 15.6 Å². The number of ketones is 1. The van der Waals surface area contributed by atoms with Crippen LogP contribution in [0.5, 0.6) is 0 Å². The van der Waals surface area contributed by atoms with Gasteiger partial charge in [0.15, 0.2) is 5.78 Å². The molecule has 4 heteroatoms. The van der Waals surface area contributed by atoms with Gasteiger partial charge in [0, 0.05) is 6.42 Å². The Morgan fingerprint density at radius 2 is 2.06 bits per heavy atom. The van der Waals surface area contributed by atoms with E-state index in [1.807, 2.05) is 37.3 Å². The first-order valence-electron chi connectivity index (χ1n) is 5.40. The Kier molecular flexibility index (Phi) is 3.59. The van der Waals surface area contributed by atoms with E-state index in [2.05, 4.69) is 5.10 Å². The summed E-state index contributed by atoms with van der Waals surface area (Å²) >= 11 is 5.88. The molecular formula is C13H13ClN2O. The van der Waals surface area contributed by atoms with Crippen molar-refractivity contribution in [2.75, 3.05) is 0 Å². The number of benzene rings is 1. The summed E-state index contributed by atoms with van der Waals surface area (Å²) in [5, 5.41) is 4.66. The van der Waals surface area contributed by atoms with Gasteiger partial charge in [-0.1, -0.05) is 41.9 Å². The molecule has 0 aliphatic carbocycles. The first-order chi connectivity index (χ1) is 8.16. The Bertz CT molecular complexity index is 519. The molecule has 2 rings (SSSR count). The summed E-state index contributed by atoms with van der Waals surface area (Å²) in [5.74, 6) is 0.124. The summed E-state index contributed by atoms with van der Waals surface area (Å²) in [6.07, 6.45) is 1.99. The first-order valence-corrected chi connectivity index (χ1v) is 5.78. The molecular weight excluding hydrogens is 236 g/mol. The van der Waals surface area contributed by atoms with Crippen LogP contribution < -0.4 is 0 Å². The summed E-state index contributed by atoms with van der Waals surface area (Å²) in [4.78, 5) is 11.8. The van der Waals surface area contributed by atoms with Gasteiger partial charge in [0.2, 0.25) is 0 Å². The second-order valence-corrected chi connectivity index (χ2v) is 4.34. The van der Waals surface area contributed by atoms with Crippen LogP contribution in [0.4, 0.5) is 0 Å². The molecule has 0 radical (unpaired) electrons. The van der Waals surface area contributed by atoms with Crippen LogP contribution in [0.1, 0.15) is 11.3 Å². The van der Waals surface area contributed by atoms with Gasteiger partial charge in [0.25, 0.3) is 0 Å². The van der Waals surface area contributed by atoms with Gasteiger partial charge in [-0.25, -0.2) is 0 Å². The molecule has 2 aromatic rings. The highest BCUT2D eigenvalue weighted by Crippen LogP contribution is 2.13. The highest BCUT2D eigenvalue weighted by molar-refractivity contribution is 6.31. The average Bonchev–Trinajstić information content (AvgIpc) is 2.62. The molecule has 0 amide bonds. The molecule has 0 unspecified atom stereocenters. The summed E-state index contributed by atoms with van der Waals surface area (Å²) in [7, 11) is 0. The fourth-order valence-corrected chi connectivity index (χ4v) is 1.77. The second-order valence-electron chi connectivity index (χ2n) is 3.94. The molecule has 0 fully saturated rings. The molecule has 0 bridgehead atoms. The third-order valence-corrected chi connectivity index (χ3v) is 2.98. The van der Waals surface area contributed by atoms with Crippen molar-refractivity contribution < 1.29 is 4.79 Å². The maximum Gasteiger partial charge on any atom is 0.158 e. The quantitative estimate of drug-likeness (QED) is 0.834. The lowest BCUT2D eigenvalue weighted by Gasteiger charge is -2.04. The Hall–Kier alpha value is -1.61. The number of hydrogen-bond acceptors (Lipinski definition) is 2. The highest BCUT2D eigenvalue weighted by atomic mass is 35.5. The van der Waals surface area contributed by atoms with Crippen LogP contribution in [0.25, 0.3) is 0 Å². The maximum atomic E-state index is 11.8. The number of aromatic nitrogens is 2. The van der Waals surface area contributed by atoms with Crippen molar-refractivity contribution in [3.8, 4) is 0 Å². The van der Waals surface area contributed by atoms with Gasteiger partial charge < -0.3 is 0 Å². The minimum Gasteiger partial charge on any atom is -0.297 e. The molecule has 88 valence electrons. The van der Waals surface area contributed by atoms with Crippen LogP contribution in [0.2, 0.25) is 5.02 Å². The Morgan fingerprint density at radius 3 is 2.65 bits per heavy atom. The van der Waals surface area contributed by atoms with Crippen LogP contribution in [-0.2, 0) is 17.8 Å². The zero-order chi connectivity index (χ0) is 12.3. The van der Waals surface area contributed by atoms with Gasteiger partial charge >= 0.3 is 0 Å². The number of carbonyl (C=O) groups excluding carboxylic acids is 1. The van der Waals surface area contributed by atoms with Crippen molar-refractivity contribution >= 4 is 17.4 Å². The minimum atomic E-state index is 0.124. The Labute approximate surface area is 105 Å². The number of rotatable bonds is 4. The molecule has 0 spiro atoms. The van der Waals surface area contributed by atoms with Crippen molar-refractivity contribution in [2.24, 2.45) is 0 Å². The second kappa shape index (κ2) is 5.15. The average molecular weight is 249 g/mol. The third kappa shape index (κ3) is 2.94. The van der Waals surface area contributed by atoms with Crippen molar-refractivity contribution in [1.29, 1.82) is 0 Å². The van der Waals surface area contributed by atoms with E-state index < -0.39 is 0 Å². The van der Waals surface area contributed by atoms with E-state index >= 15 is 0 Å². The van der Waals surface area contributed by atoms with Gasteiger partial charge in [-0.3, -0.25) is 9.48 Å². The fourth-order valence-electron chi connectivity index (χ4n) is 1.63. The van der Waals surface area contributed by atoms with Gasteiger partial charge in [-0.05, 0) is 12.5 Å². The topological polar surface area (TPSA) is 34.9 Å². The molecule has 17 heavy (non-hydrogen) atoms. The van der Waals surface area contributed by atoms with E-state index in [0.29, 0.717) is 11.4 Å². The molecule has 1 aromatic carbocycles. The summed E-state index contributed by atoms with van der Waals surface area (Å²) in [6.45, 7) is 2.12. The summed E-state index contributed by atoms with van der Waals surface area (Å²) in [6, 6.07) is 9.68. The monoisotopic (exact) mass is 248 g/mol. The van der Waals surface area contributed by atoms with Crippen LogP contribution >= 0.6 is 11.6 Å². The molecule has 3 nitrogen and oxygen atoms in total. The van der Waals surface area contributed by atoms with Gasteiger partial charge in [0.1, 0.15) is 6.54 Å². The van der Waals surface area contributed by atoms with Crippen molar-refractivity contribution in [2.45, 2.75) is 19.9 Å². The highest BCUT2D eigenvalue weighted by Gasteiger charge is 2.09. The smallest absolute Gasteiger partial charge is 0.158 e. The molecule has 0 aliphatic heterocycles. The standard InChI is InChI=1S/C13H13ClN2O/c1-10-13(14)8-15-16(10)9-12(17)7-11-5-3-2-4-6-11/h2-6,8H,7,9H2,1H3. The van der Waals surface area contributed by atoms with Crippen LogP contribution in [0.15, 0.2) is 36.5 Å². The van der Waals surface area contributed by atoms with Crippen LogP contribution in [0, 0.1) is 6.92 Å². The summed E-state index contributed by atoms with van der Waals surface area (Å²) < 4.78 is 1.63. The van der Waals surface area contributed by atoms with E-state index in [1.54, 1.807) is 10.9 Å². The van der Waals surface area contributed by atoms with E-state index in [9.17, 15) is 4.79 Å². The number of hydrogen-bond donors (Lipinski definition) is 0. The predicted molar refractivity (Wildman–Crippen MR) is 67.1 cm³/mol. The number of nitrogens with zero attached hydrogens (tertiary/aromatic N) is 2. The van der Waals surface area contributed by atoms with E-state index in [-0.39, 0.29) is 12.3 Å². The maximum absolute atomic E-state index is 11.8. The normalized spacial score (nSPS) is 10.5. The molecule has 0 saturated heterocycles. The van der Waals surface area contributed by atoms with E-state index in [4.69, 9.17) is 11.6 Å². The number of Topliss-reactive ketones (excluding diaryl/α,β-unsaturated/α-hetero) is 1. The summed E-state index contributed by atoms with van der Waals surface area (Å²) in [5.41, 5.74) is 1.85. The van der Waals surface area contributed by atoms with Gasteiger partial charge in [-0.2, -0.15) is 5.10 Å². The predicted octanol–water partition coefficient (Wildman–Crippen LogP) is 2.66. The van der Waals surface area contributed by atoms with Gasteiger partial charge in [0.05, 0.1) is 16.9 Å². The molecule has 1 aromatic heterocycles. The van der Waals surface area contributed by atoms with Crippen LogP contribution in [0.3, 0.4) is 0 Å². The molecule has 1 heterocycles. The van der Waals surface area contributed by atoms with Crippen molar-refractivity contribution in [3.05, 3.63) is 52.8 Å². The Morgan fingerprint density at radius 1 is 1.35 bits per heavy atom. The van der Waals surface area contributed by atoms with Crippen molar-refractivity contribution in [1.82, 2.24) is 9.78 Å². The lowest BCUT2D eigenvalue weighted by atomic mass is 10.1. The SMILES string of the molecule is Cc1c(Cl)cnn1CC(=O)Cc1ccccc1. The zero-order valence-corrected chi connectivity index (χ0v) is 10.3. The Balaban J connectivity index is 2.01. The zero-order valence-electron chi connectivity index (χ0n) is 9.56. The van der Waals surface area contributed by atoms with Crippen molar-refractivity contribution in [3.63, 3.8) is 0 Å². The number of carbonyl (C=O) groups is 1. The lowest BCUT2D eigenvalue weighted by molar-refractivity contribution is -0.119. The molecule has 0 atom stereocenters. The lowest BCUT2D eigenvalue weighted by Crippen LogP contribution is -2.14. The fraction of sp³-hybridized carbons (Fsp3) is 0.231. The third-order valence-electron chi connectivity index (χ3n) is 2.61. The van der Waals surface area contributed by atoms with E-state index in [1.165, 1.54) is 0 Å². The van der Waals surface area contributed by atoms with Gasteiger partial charge in [-0.15, -0.1) is 0 Å². The first kappa shape index (κ1) is 11.9. The molecule has 0 aliphatic rings. The largest absolute Gasteiger partial charge is 0.297 e. The minimum absolute atomic E-state index is 0.124.